The topological polar surface area (TPSA) is 43.5 Å². The predicted molar refractivity (Wildman–Crippen MR) is 129 cm³/mol. The van der Waals surface area contributed by atoms with E-state index in [9.17, 15) is 9.59 Å². The lowest BCUT2D eigenvalue weighted by Gasteiger charge is -2.10. The van der Waals surface area contributed by atoms with Gasteiger partial charge in [0.2, 0.25) is 0 Å². The second-order valence-electron chi connectivity index (χ2n) is 7.50. The number of benzene rings is 4. The molecule has 0 radical (unpaired) electrons. The van der Waals surface area contributed by atoms with Crippen molar-refractivity contribution >= 4 is 43.1 Å². The molecule has 0 spiro atoms. The molecular formula is C26H15BrN2O2. The molecular weight excluding hydrogens is 452 g/mol. The smallest absolute Gasteiger partial charge is 0.268 e. The maximum Gasteiger partial charge on any atom is 0.340 e. The molecule has 2 heterocycles. The van der Waals surface area contributed by atoms with Crippen molar-refractivity contribution in [3.63, 3.8) is 0 Å². The number of hydrogen-bond acceptors (Lipinski definition) is 2. The number of imidazole rings is 1. The van der Waals surface area contributed by atoms with E-state index in [1.807, 2.05) is 84.9 Å². The minimum absolute atomic E-state index is 0.294. The number of halogens is 1. The standard InChI is InChI=1S/C26H15BrN2O2/c27-17-12-14-18(15-13-17)28-22-11-5-9-20-23-19(16-6-2-1-3-7-16)8-4-10-21(23)25(30)29(24(20)22)26(28)31/h1-15H. The average molecular weight is 467 g/mol. The van der Waals surface area contributed by atoms with Gasteiger partial charge in [-0.1, -0.05) is 70.5 Å². The second kappa shape index (κ2) is 6.65. The third kappa shape index (κ3) is 2.53. The summed E-state index contributed by atoms with van der Waals surface area (Å²) in [7, 11) is 0. The molecule has 5 heteroatoms. The van der Waals surface area contributed by atoms with E-state index in [1.165, 1.54) is 4.40 Å². The van der Waals surface area contributed by atoms with Gasteiger partial charge >= 0.3 is 5.69 Å². The summed E-state index contributed by atoms with van der Waals surface area (Å²) in [5.74, 6) is 0. The van der Waals surface area contributed by atoms with Crippen molar-refractivity contribution in [3.05, 3.63) is 116 Å². The first kappa shape index (κ1) is 18.1. The Morgan fingerprint density at radius 2 is 1.39 bits per heavy atom. The Bertz CT molecular complexity index is 1720. The summed E-state index contributed by atoms with van der Waals surface area (Å²) in [5, 5.41) is 2.30. The fraction of sp³-hybridized carbons (Fsp3) is 0. The number of aromatic nitrogens is 2. The van der Waals surface area contributed by atoms with Crippen LogP contribution in [0.5, 0.6) is 0 Å². The Kier molecular flexibility index (Phi) is 3.88. The predicted octanol–water partition coefficient (Wildman–Crippen LogP) is 5.62. The summed E-state index contributed by atoms with van der Waals surface area (Å²) in [6.07, 6.45) is 0. The fourth-order valence-corrected chi connectivity index (χ4v) is 4.74. The van der Waals surface area contributed by atoms with Gasteiger partial charge in [-0.25, -0.2) is 9.20 Å². The van der Waals surface area contributed by atoms with Crippen molar-refractivity contribution < 1.29 is 0 Å². The first-order valence-electron chi connectivity index (χ1n) is 9.91. The molecule has 0 N–H and O–H groups in total. The number of pyridine rings is 1. The van der Waals surface area contributed by atoms with E-state index in [-0.39, 0.29) is 11.2 Å². The van der Waals surface area contributed by atoms with Gasteiger partial charge in [-0.15, -0.1) is 0 Å². The lowest BCUT2D eigenvalue weighted by molar-refractivity contribution is 0.944. The molecule has 4 nitrogen and oxygen atoms in total. The van der Waals surface area contributed by atoms with Crippen molar-refractivity contribution in [2.24, 2.45) is 0 Å². The van der Waals surface area contributed by atoms with Crippen LogP contribution >= 0.6 is 15.9 Å². The molecule has 0 bridgehead atoms. The van der Waals surface area contributed by atoms with E-state index in [0.29, 0.717) is 16.4 Å². The summed E-state index contributed by atoms with van der Waals surface area (Å²) >= 11 is 3.44. The molecule has 148 valence electrons. The van der Waals surface area contributed by atoms with Crippen molar-refractivity contribution in [3.8, 4) is 16.8 Å². The minimum atomic E-state index is -0.356. The maximum atomic E-state index is 13.5. The molecule has 0 unspecified atom stereocenters. The highest BCUT2D eigenvalue weighted by Crippen LogP contribution is 2.34. The van der Waals surface area contributed by atoms with Gasteiger partial charge in [0, 0.05) is 20.6 Å². The van der Waals surface area contributed by atoms with Crippen molar-refractivity contribution in [2.75, 3.05) is 0 Å². The number of fused-ring (bicyclic) bond motifs is 2. The van der Waals surface area contributed by atoms with Crippen LogP contribution in [0.1, 0.15) is 0 Å². The number of rotatable bonds is 2. The summed E-state index contributed by atoms with van der Waals surface area (Å²) in [4.78, 5) is 27.0. The van der Waals surface area contributed by atoms with Gasteiger partial charge in [0.15, 0.2) is 0 Å². The fourth-order valence-electron chi connectivity index (χ4n) is 4.47. The van der Waals surface area contributed by atoms with Crippen LogP contribution in [0.2, 0.25) is 0 Å². The average Bonchev–Trinajstić information content (AvgIpc) is 3.11. The Morgan fingerprint density at radius 1 is 0.677 bits per heavy atom. The maximum absolute atomic E-state index is 13.5. The van der Waals surface area contributed by atoms with E-state index in [0.717, 1.165) is 32.1 Å². The Morgan fingerprint density at radius 3 is 2.16 bits per heavy atom. The van der Waals surface area contributed by atoms with E-state index in [2.05, 4.69) is 15.9 Å². The van der Waals surface area contributed by atoms with Gasteiger partial charge in [0.25, 0.3) is 5.56 Å². The van der Waals surface area contributed by atoms with Gasteiger partial charge in [-0.05, 0) is 47.5 Å². The zero-order valence-electron chi connectivity index (χ0n) is 16.2. The van der Waals surface area contributed by atoms with Crippen LogP contribution in [-0.2, 0) is 0 Å². The first-order chi connectivity index (χ1) is 15.1. The van der Waals surface area contributed by atoms with Crippen molar-refractivity contribution in [1.82, 2.24) is 8.97 Å². The normalized spacial score (nSPS) is 11.6. The molecule has 0 saturated heterocycles. The Hall–Kier alpha value is -3.70. The Balaban J connectivity index is 1.84. The van der Waals surface area contributed by atoms with Gasteiger partial charge in [0.05, 0.1) is 16.7 Å². The van der Waals surface area contributed by atoms with E-state index >= 15 is 0 Å². The van der Waals surface area contributed by atoms with Crippen molar-refractivity contribution in [2.45, 2.75) is 0 Å². The molecule has 31 heavy (non-hydrogen) atoms. The lowest BCUT2D eigenvalue weighted by Crippen LogP contribution is -2.27. The molecule has 0 atom stereocenters. The largest absolute Gasteiger partial charge is 0.340 e. The molecule has 0 amide bonds. The summed E-state index contributed by atoms with van der Waals surface area (Å²) in [5.41, 5.74) is 3.45. The van der Waals surface area contributed by atoms with E-state index < -0.39 is 0 Å². The number of para-hydroxylation sites is 1. The Labute approximate surface area is 185 Å². The molecule has 0 aliphatic rings. The zero-order valence-corrected chi connectivity index (χ0v) is 17.8. The minimum Gasteiger partial charge on any atom is -0.268 e. The molecule has 0 saturated carbocycles. The molecule has 0 aliphatic heterocycles. The highest BCUT2D eigenvalue weighted by atomic mass is 79.9. The molecule has 4 aromatic carbocycles. The van der Waals surface area contributed by atoms with E-state index in [1.54, 1.807) is 10.6 Å². The molecule has 0 fully saturated rings. The van der Waals surface area contributed by atoms with Crippen LogP contribution in [-0.4, -0.2) is 8.97 Å². The van der Waals surface area contributed by atoms with Gasteiger partial charge in [-0.3, -0.25) is 9.36 Å². The summed E-state index contributed by atoms with van der Waals surface area (Å²) in [6, 6.07) is 29.1. The second-order valence-corrected chi connectivity index (χ2v) is 8.42. The zero-order chi connectivity index (χ0) is 21.1. The molecule has 2 aromatic heterocycles. The molecule has 6 aromatic rings. The summed E-state index contributed by atoms with van der Waals surface area (Å²) < 4.78 is 3.84. The van der Waals surface area contributed by atoms with Gasteiger partial charge < -0.3 is 0 Å². The van der Waals surface area contributed by atoms with Crippen molar-refractivity contribution in [1.29, 1.82) is 0 Å². The van der Waals surface area contributed by atoms with Crippen LogP contribution in [0.25, 0.3) is 44.0 Å². The highest BCUT2D eigenvalue weighted by molar-refractivity contribution is 9.10. The third-order valence-electron chi connectivity index (χ3n) is 5.80. The third-order valence-corrected chi connectivity index (χ3v) is 6.33. The van der Waals surface area contributed by atoms with Crippen LogP contribution in [0.4, 0.5) is 0 Å². The highest BCUT2D eigenvalue weighted by Gasteiger charge is 2.21. The number of nitrogens with zero attached hydrogens (tertiary/aromatic N) is 2. The number of hydrogen-bond donors (Lipinski definition) is 0. The monoisotopic (exact) mass is 466 g/mol. The molecule has 6 rings (SSSR count). The van der Waals surface area contributed by atoms with Gasteiger partial charge in [-0.2, -0.15) is 0 Å². The quantitative estimate of drug-likeness (QED) is 0.310. The van der Waals surface area contributed by atoms with Crippen LogP contribution in [0.15, 0.2) is 105 Å². The first-order valence-corrected chi connectivity index (χ1v) is 10.7. The van der Waals surface area contributed by atoms with E-state index in [4.69, 9.17) is 0 Å². The van der Waals surface area contributed by atoms with Crippen LogP contribution in [0, 0.1) is 0 Å². The summed E-state index contributed by atoms with van der Waals surface area (Å²) in [6.45, 7) is 0. The van der Waals surface area contributed by atoms with Crippen LogP contribution in [0.3, 0.4) is 0 Å². The SMILES string of the molecule is O=c1c2cccc(-c3ccccc3)c2c2cccc3c2n1c(=O)n3-c1ccc(Br)cc1. The molecule has 0 aliphatic carbocycles. The van der Waals surface area contributed by atoms with Crippen LogP contribution < -0.4 is 11.2 Å². The lowest BCUT2D eigenvalue weighted by atomic mass is 9.96. The van der Waals surface area contributed by atoms with Gasteiger partial charge in [0.1, 0.15) is 0 Å².